The van der Waals surface area contributed by atoms with Crippen molar-refractivity contribution in [1.82, 2.24) is 4.90 Å². The van der Waals surface area contributed by atoms with Gasteiger partial charge in [-0.05, 0) is 20.8 Å². The first-order chi connectivity index (χ1) is 6.47. The van der Waals surface area contributed by atoms with E-state index in [1.54, 1.807) is 20.8 Å². The molecule has 0 bridgehead atoms. The van der Waals surface area contributed by atoms with Crippen molar-refractivity contribution in [2.24, 2.45) is 0 Å². The fourth-order valence-corrected chi connectivity index (χ4v) is 0.885. The van der Waals surface area contributed by atoms with E-state index in [9.17, 15) is 9.59 Å². The van der Waals surface area contributed by atoms with Crippen molar-refractivity contribution in [3.63, 3.8) is 0 Å². The molecule has 0 unspecified atom stereocenters. The Kier molecular flexibility index (Phi) is 5.67. The first kappa shape index (κ1) is 12.7. The van der Waals surface area contributed by atoms with Crippen LogP contribution in [0.4, 0.5) is 4.79 Å². The summed E-state index contributed by atoms with van der Waals surface area (Å²) in [4.78, 5) is 23.0. The number of carbonyl (C=O) groups is 2. The second kappa shape index (κ2) is 6.23. The van der Waals surface area contributed by atoms with E-state index in [2.05, 4.69) is 0 Å². The number of carboxylic acid groups (broad SMARTS) is 1. The zero-order valence-corrected chi connectivity index (χ0v) is 8.82. The lowest BCUT2D eigenvalue weighted by Gasteiger charge is -2.20. The maximum atomic E-state index is 11.3. The summed E-state index contributed by atoms with van der Waals surface area (Å²) in [5.74, 6) is -0.916. The first-order valence-electron chi connectivity index (χ1n) is 4.64. The number of carbonyl (C=O) groups excluding carboxylic acids is 1. The molecule has 5 heteroatoms. The molecule has 0 aromatic carbocycles. The quantitative estimate of drug-likeness (QED) is 0.732. The molecule has 0 aromatic heterocycles. The average molecular weight is 203 g/mol. The number of hydrogen-bond acceptors (Lipinski definition) is 3. The molecule has 0 atom stereocenters. The van der Waals surface area contributed by atoms with E-state index >= 15 is 0 Å². The summed E-state index contributed by atoms with van der Waals surface area (Å²) < 4.78 is 4.93. The number of carboxylic acids is 1. The van der Waals surface area contributed by atoms with Crippen LogP contribution in [0.3, 0.4) is 0 Å². The highest BCUT2D eigenvalue weighted by molar-refractivity contribution is 5.70. The monoisotopic (exact) mass is 203 g/mol. The number of amides is 1. The van der Waals surface area contributed by atoms with Gasteiger partial charge in [0, 0.05) is 13.1 Å². The smallest absolute Gasteiger partial charge is 0.410 e. The van der Waals surface area contributed by atoms with E-state index in [1.165, 1.54) is 4.90 Å². The van der Waals surface area contributed by atoms with Gasteiger partial charge in [0.2, 0.25) is 0 Å². The van der Waals surface area contributed by atoms with E-state index in [-0.39, 0.29) is 19.1 Å². The molecule has 0 aliphatic carbocycles. The third-order valence-corrected chi connectivity index (χ3v) is 1.57. The molecular weight excluding hydrogens is 186 g/mol. The molecule has 0 aliphatic rings. The van der Waals surface area contributed by atoms with Crippen LogP contribution in [0.2, 0.25) is 0 Å². The molecule has 0 saturated heterocycles. The van der Waals surface area contributed by atoms with Gasteiger partial charge in [-0.3, -0.25) is 4.79 Å². The Bertz CT molecular complexity index is 203. The van der Waals surface area contributed by atoms with Crippen LogP contribution in [-0.2, 0) is 9.53 Å². The van der Waals surface area contributed by atoms with Crippen LogP contribution in [0.1, 0.15) is 27.2 Å². The summed E-state index contributed by atoms with van der Waals surface area (Å²) in [7, 11) is 0. The summed E-state index contributed by atoms with van der Waals surface area (Å²) >= 11 is 0. The molecule has 0 rings (SSSR count). The molecule has 0 heterocycles. The summed E-state index contributed by atoms with van der Waals surface area (Å²) in [6.07, 6.45) is -0.689. The van der Waals surface area contributed by atoms with Gasteiger partial charge >= 0.3 is 12.1 Å². The highest BCUT2D eigenvalue weighted by Gasteiger charge is 2.15. The zero-order chi connectivity index (χ0) is 11.1. The largest absolute Gasteiger partial charge is 0.481 e. The van der Waals surface area contributed by atoms with Gasteiger partial charge in [-0.15, -0.1) is 0 Å². The second-order valence-electron chi connectivity index (χ2n) is 3.16. The molecule has 82 valence electrons. The Morgan fingerprint density at radius 1 is 1.43 bits per heavy atom. The van der Waals surface area contributed by atoms with Crippen molar-refractivity contribution < 1.29 is 19.4 Å². The summed E-state index contributed by atoms with van der Waals surface area (Å²) in [6.45, 7) is 5.94. The first-order valence-corrected chi connectivity index (χ1v) is 4.64. The molecule has 1 N–H and O–H groups in total. The number of aliphatic carboxylic acids is 1. The van der Waals surface area contributed by atoms with Crippen LogP contribution in [0, 0.1) is 0 Å². The van der Waals surface area contributed by atoms with Crippen LogP contribution in [0.15, 0.2) is 0 Å². The fourth-order valence-electron chi connectivity index (χ4n) is 0.885. The lowest BCUT2D eigenvalue weighted by atomic mass is 10.4. The number of hydrogen-bond donors (Lipinski definition) is 1. The van der Waals surface area contributed by atoms with E-state index in [1.807, 2.05) is 0 Å². The van der Waals surface area contributed by atoms with E-state index in [0.29, 0.717) is 6.54 Å². The number of ether oxygens (including phenoxy) is 1. The normalized spacial score (nSPS) is 10.0. The van der Waals surface area contributed by atoms with Crippen molar-refractivity contribution in [3.05, 3.63) is 0 Å². The highest BCUT2D eigenvalue weighted by atomic mass is 16.6. The topological polar surface area (TPSA) is 66.8 Å². The molecule has 0 radical (unpaired) electrons. The van der Waals surface area contributed by atoms with Crippen LogP contribution < -0.4 is 0 Å². The third-order valence-electron chi connectivity index (χ3n) is 1.57. The van der Waals surface area contributed by atoms with E-state index in [0.717, 1.165) is 0 Å². The van der Waals surface area contributed by atoms with Crippen molar-refractivity contribution in [2.45, 2.75) is 33.3 Å². The number of rotatable bonds is 5. The molecule has 0 saturated carbocycles. The Morgan fingerprint density at radius 2 is 2.00 bits per heavy atom. The van der Waals surface area contributed by atoms with Gasteiger partial charge in [-0.25, -0.2) is 4.79 Å². The average Bonchev–Trinajstić information content (AvgIpc) is 2.03. The molecule has 0 aliphatic heterocycles. The minimum Gasteiger partial charge on any atom is -0.481 e. The van der Waals surface area contributed by atoms with Gasteiger partial charge in [-0.2, -0.15) is 0 Å². The minimum atomic E-state index is -0.916. The van der Waals surface area contributed by atoms with E-state index < -0.39 is 12.1 Å². The molecule has 1 amide bonds. The van der Waals surface area contributed by atoms with Crippen LogP contribution >= 0.6 is 0 Å². The van der Waals surface area contributed by atoms with Gasteiger partial charge in [0.1, 0.15) is 0 Å². The second-order valence-corrected chi connectivity index (χ2v) is 3.16. The Hall–Kier alpha value is -1.26. The summed E-state index contributed by atoms with van der Waals surface area (Å²) in [5.41, 5.74) is 0. The van der Waals surface area contributed by atoms with Gasteiger partial charge in [0.05, 0.1) is 12.5 Å². The maximum absolute atomic E-state index is 11.3. The van der Waals surface area contributed by atoms with Gasteiger partial charge in [0.15, 0.2) is 0 Å². The standard InChI is InChI=1S/C9H17NO4/c1-4-10(6-5-8(11)12)9(13)14-7(2)3/h7H,4-6H2,1-3H3,(H,11,12). The highest BCUT2D eigenvalue weighted by Crippen LogP contribution is 1.99. The Balaban J connectivity index is 3.99. The molecular formula is C9H17NO4. The zero-order valence-electron chi connectivity index (χ0n) is 8.82. The molecule has 0 fully saturated rings. The molecule has 5 nitrogen and oxygen atoms in total. The summed E-state index contributed by atoms with van der Waals surface area (Å²) in [6, 6.07) is 0. The molecule has 14 heavy (non-hydrogen) atoms. The van der Waals surface area contributed by atoms with Crippen molar-refractivity contribution >= 4 is 12.1 Å². The SMILES string of the molecule is CCN(CCC(=O)O)C(=O)OC(C)C. The lowest BCUT2D eigenvalue weighted by Crippen LogP contribution is -2.34. The lowest BCUT2D eigenvalue weighted by molar-refractivity contribution is -0.137. The van der Waals surface area contributed by atoms with Gasteiger partial charge in [-0.1, -0.05) is 0 Å². The predicted octanol–water partition coefficient (Wildman–Crippen LogP) is 1.33. The predicted molar refractivity (Wildman–Crippen MR) is 51.1 cm³/mol. The molecule has 0 spiro atoms. The van der Waals surface area contributed by atoms with Gasteiger partial charge in [0.25, 0.3) is 0 Å². The van der Waals surface area contributed by atoms with Crippen molar-refractivity contribution in [2.75, 3.05) is 13.1 Å². The van der Waals surface area contributed by atoms with Crippen LogP contribution in [0.5, 0.6) is 0 Å². The van der Waals surface area contributed by atoms with E-state index in [4.69, 9.17) is 9.84 Å². The van der Waals surface area contributed by atoms with Crippen molar-refractivity contribution in [3.8, 4) is 0 Å². The Morgan fingerprint density at radius 3 is 2.36 bits per heavy atom. The third kappa shape index (κ3) is 5.40. The van der Waals surface area contributed by atoms with Crippen LogP contribution in [0.25, 0.3) is 0 Å². The number of nitrogens with zero attached hydrogens (tertiary/aromatic N) is 1. The minimum absolute atomic E-state index is 0.0545. The van der Waals surface area contributed by atoms with Crippen molar-refractivity contribution in [1.29, 1.82) is 0 Å². The maximum Gasteiger partial charge on any atom is 0.410 e. The summed E-state index contributed by atoms with van der Waals surface area (Å²) in [5, 5.41) is 8.44. The Labute approximate surface area is 83.6 Å². The van der Waals surface area contributed by atoms with Gasteiger partial charge < -0.3 is 14.7 Å². The molecule has 0 aromatic rings. The fraction of sp³-hybridized carbons (Fsp3) is 0.778. The van der Waals surface area contributed by atoms with Crippen LogP contribution in [-0.4, -0.2) is 41.3 Å².